The number of hydrogen-bond acceptors (Lipinski definition) is 3. The minimum Gasteiger partial charge on any atom is -0.477 e. The second kappa shape index (κ2) is 6.88. The van der Waals surface area contributed by atoms with Crippen molar-refractivity contribution in [3.63, 3.8) is 0 Å². The van der Waals surface area contributed by atoms with Crippen LogP contribution in [0, 0.1) is 12.8 Å². The summed E-state index contributed by atoms with van der Waals surface area (Å²) in [5, 5.41) is 12.4. The molecule has 0 unspecified atom stereocenters. The van der Waals surface area contributed by atoms with Crippen molar-refractivity contribution >= 4 is 28.2 Å². The smallest absolute Gasteiger partial charge is 0.346 e. The van der Waals surface area contributed by atoms with Crippen LogP contribution in [0.4, 0.5) is 5.00 Å². The van der Waals surface area contributed by atoms with Gasteiger partial charge in [0.25, 0.3) is 0 Å². The molecule has 1 aliphatic rings. The average molecular weight is 295 g/mol. The van der Waals surface area contributed by atoms with Gasteiger partial charge in [0.2, 0.25) is 5.91 Å². The maximum Gasteiger partial charge on any atom is 0.346 e. The fraction of sp³-hybridized carbons (Fsp3) is 0.600. The van der Waals surface area contributed by atoms with Gasteiger partial charge in [-0.25, -0.2) is 4.79 Å². The zero-order valence-corrected chi connectivity index (χ0v) is 12.6. The molecule has 0 saturated heterocycles. The fourth-order valence-corrected chi connectivity index (χ4v) is 3.69. The predicted molar refractivity (Wildman–Crippen MR) is 80.5 cm³/mol. The van der Waals surface area contributed by atoms with Gasteiger partial charge in [-0.1, -0.05) is 32.1 Å². The van der Waals surface area contributed by atoms with Gasteiger partial charge in [-0.15, -0.1) is 11.3 Å². The van der Waals surface area contributed by atoms with Gasteiger partial charge in [-0.05, 0) is 30.9 Å². The highest BCUT2D eigenvalue weighted by molar-refractivity contribution is 7.18. The lowest BCUT2D eigenvalue weighted by atomic mass is 9.86. The first kappa shape index (κ1) is 15.0. The molecular weight excluding hydrogens is 274 g/mol. The quantitative estimate of drug-likeness (QED) is 0.861. The highest BCUT2D eigenvalue weighted by Crippen LogP contribution is 2.29. The topological polar surface area (TPSA) is 66.4 Å². The highest BCUT2D eigenvalue weighted by Gasteiger charge is 2.16. The van der Waals surface area contributed by atoms with Crippen molar-refractivity contribution in [2.24, 2.45) is 5.92 Å². The molecule has 0 radical (unpaired) electrons. The number of hydrogen-bond donors (Lipinski definition) is 2. The van der Waals surface area contributed by atoms with Crippen molar-refractivity contribution in [2.45, 2.75) is 51.9 Å². The van der Waals surface area contributed by atoms with E-state index in [4.69, 9.17) is 5.11 Å². The Balaban J connectivity index is 1.81. The molecule has 5 heteroatoms. The van der Waals surface area contributed by atoms with Crippen molar-refractivity contribution in [1.82, 2.24) is 0 Å². The summed E-state index contributed by atoms with van der Waals surface area (Å²) >= 11 is 1.13. The number of thiophene rings is 1. The lowest BCUT2D eigenvalue weighted by molar-refractivity contribution is -0.116. The summed E-state index contributed by atoms with van der Waals surface area (Å²) in [5.74, 6) is -0.252. The monoisotopic (exact) mass is 295 g/mol. The Morgan fingerprint density at radius 1 is 1.35 bits per heavy atom. The van der Waals surface area contributed by atoms with Crippen LogP contribution in [0.5, 0.6) is 0 Å². The molecule has 4 nitrogen and oxygen atoms in total. The van der Waals surface area contributed by atoms with Crippen molar-refractivity contribution in [3.05, 3.63) is 16.5 Å². The molecule has 1 aromatic heterocycles. The van der Waals surface area contributed by atoms with Crippen LogP contribution in [0.15, 0.2) is 6.07 Å². The standard InChI is InChI=1S/C15H21NO3S/c1-10-9-13(20-14(10)15(18)19)16-12(17)8-7-11-5-3-2-4-6-11/h9,11H,2-8H2,1H3,(H,16,17)(H,18,19). The average Bonchev–Trinajstić information content (AvgIpc) is 2.78. The van der Waals surface area contributed by atoms with E-state index in [0.717, 1.165) is 17.8 Å². The third-order valence-electron chi connectivity index (χ3n) is 3.88. The van der Waals surface area contributed by atoms with Crippen molar-refractivity contribution in [3.8, 4) is 0 Å². The molecule has 0 spiro atoms. The molecule has 1 aliphatic carbocycles. The van der Waals surface area contributed by atoms with Crippen LogP contribution >= 0.6 is 11.3 Å². The van der Waals surface area contributed by atoms with E-state index >= 15 is 0 Å². The summed E-state index contributed by atoms with van der Waals surface area (Å²) in [4.78, 5) is 23.1. The molecular formula is C15H21NO3S. The lowest BCUT2D eigenvalue weighted by Gasteiger charge is -2.20. The van der Waals surface area contributed by atoms with Gasteiger partial charge < -0.3 is 10.4 Å². The third-order valence-corrected chi connectivity index (χ3v) is 5.02. The first-order valence-corrected chi connectivity index (χ1v) is 8.01. The van der Waals surface area contributed by atoms with Crippen molar-refractivity contribution < 1.29 is 14.7 Å². The molecule has 1 saturated carbocycles. The summed E-state index contributed by atoms with van der Waals surface area (Å²) in [7, 11) is 0. The molecule has 20 heavy (non-hydrogen) atoms. The van der Waals surface area contributed by atoms with Gasteiger partial charge in [0, 0.05) is 6.42 Å². The Labute approximate surface area is 123 Å². The summed E-state index contributed by atoms with van der Waals surface area (Å²) in [6.07, 6.45) is 7.88. The van der Waals surface area contributed by atoms with Gasteiger partial charge in [0.1, 0.15) is 4.88 Å². The number of anilines is 1. The Bertz CT molecular complexity index is 489. The highest BCUT2D eigenvalue weighted by atomic mass is 32.1. The maximum atomic E-state index is 11.9. The van der Waals surface area contributed by atoms with Gasteiger partial charge in [-0.3, -0.25) is 4.79 Å². The van der Waals surface area contributed by atoms with Crippen molar-refractivity contribution in [1.29, 1.82) is 0 Å². The molecule has 1 amide bonds. The summed E-state index contributed by atoms with van der Waals surface area (Å²) < 4.78 is 0. The Hall–Kier alpha value is -1.36. The van der Waals surface area contributed by atoms with Crippen molar-refractivity contribution in [2.75, 3.05) is 5.32 Å². The van der Waals surface area contributed by atoms with Crippen LogP contribution in [0.2, 0.25) is 0 Å². The predicted octanol–water partition coefficient (Wildman–Crippen LogP) is 4.05. The number of carbonyl (C=O) groups is 2. The van der Waals surface area contributed by atoms with Crippen LogP contribution in [0.25, 0.3) is 0 Å². The van der Waals surface area contributed by atoms with E-state index in [1.165, 1.54) is 32.1 Å². The zero-order valence-electron chi connectivity index (χ0n) is 11.8. The van der Waals surface area contributed by atoms with E-state index in [1.54, 1.807) is 13.0 Å². The van der Waals surface area contributed by atoms with Crippen LogP contribution in [0.1, 0.15) is 60.2 Å². The Kier molecular flexibility index (Phi) is 5.17. The molecule has 1 aromatic rings. The fourth-order valence-electron chi connectivity index (χ4n) is 2.77. The molecule has 0 atom stereocenters. The van der Waals surface area contributed by atoms with E-state index < -0.39 is 5.97 Å². The summed E-state index contributed by atoms with van der Waals surface area (Å²) in [6, 6.07) is 1.73. The van der Waals surface area contributed by atoms with Gasteiger partial charge in [0.15, 0.2) is 0 Å². The molecule has 0 bridgehead atoms. The second-order valence-corrected chi connectivity index (χ2v) is 6.57. The number of aromatic carboxylic acids is 1. The lowest BCUT2D eigenvalue weighted by Crippen LogP contribution is -2.14. The molecule has 110 valence electrons. The van der Waals surface area contributed by atoms with Gasteiger partial charge in [-0.2, -0.15) is 0 Å². The minimum absolute atomic E-state index is 0.00578. The SMILES string of the molecule is Cc1cc(NC(=O)CCC2CCCCC2)sc1C(=O)O. The molecule has 2 N–H and O–H groups in total. The van der Waals surface area contributed by atoms with E-state index in [0.29, 0.717) is 27.8 Å². The molecule has 2 rings (SSSR count). The first-order valence-electron chi connectivity index (χ1n) is 7.20. The van der Waals surface area contributed by atoms with E-state index in [1.807, 2.05) is 0 Å². The Morgan fingerprint density at radius 2 is 2.05 bits per heavy atom. The summed E-state index contributed by atoms with van der Waals surface area (Å²) in [6.45, 7) is 1.75. The van der Waals surface area contributed by atoms with Crippen LogP contribution in [-0.4, -0.2) is 17.0 Å². The minimum atomic E-state index is -0.935. The normalized spacial score (nSPS) is 16.1. The molecule has 0 aliphatic heterocycles. The van der Waals surface area contributed by atoms with Gasteiger partial charge in [0.05, 0.1) is 5.00 Å². The number of carboxylic acids is 1. The van der Waals surface area contributed by atoms with Gasteiger partial charge >= 0.3 is 5.97 Å². The molecule has 1 fully saturated rings. The van der Waals surface area contributed by atoms with E-state index in [2.05, 4.69) is 5.32 Å². The zero-order chi connectivity index (χ0) is 14.5. The largest absolute Gasteiger partial charge is 0.477 e. The van der Waals surface area contributed by atoms with E-state index in [-0.39, 0.29) is 5.91 Å². The number of amides is 1. The Morgan fingerprint density at radius 3 is 2.65 bits per heavy atom. The van der Waals surface area contributed by atoms with E-state index in [9.17, 15) is 9.59 Å². The number of carbonyl (C=O) groups excluding carboxylic acids is 1. The van der Waals surface area contributed by atoms with Crippen LogP contribution < -0.4 is 5.32 Å². The van der Waals surface area contributed by atoms with Crippen LogP contribution in [0.3, 0.4) is 0 Å². The number of nitrogens with one attached hydrogen (secondary N) is 1. The third kappa shape index (κ3) is 4.07. The number of carboxylic acid groups (broad SMARTS) is 1. The van der Waals surface area contributed by atoms with Crippen LogP contribution in [-0.2, 0) is 4.79 Å². The second-order valence-electron chi connectivity index (χ2n) is 5.52. The number of aryl methyl sites for hydroxylation is 1. The first-order chi connectivity index (χ1) is 9.56. The number of rotatable bonds is 5. The molecule has 0 aromatic carbocycles. The molecule has 1 heterocycles. The maximum absolute atomic E-state index is 11.9. The summed E-state index contributed by atoms with van der Waals surface area (Å²) in [5.41, 5.74) is 0.699.